The molecular formula is C9H22GaN. The molecule has 0 spiro atoms. The molecule has 0 rings (SSSR count). The molecule has 0 heterocycles. The molecule has 66 valence electrons. The zero-order valence-corrected chi connectivity index (χ0v) is 11.0. The fourth-order valence-corrected chi connectivity index (χ4v) is 3.41. The Balaban J connectivity index is 3.01. The zero-order chi connectivity index (χ0) is 8.69. The van der Waals surface area contributed by atoms with Gasteiger partial charge in [-0.3, -0.25) is 0 Å². The van der Waals surface area contributed by atoms with Gasteiger partial charge in [0, 0.05) is 0 Å². The summed E-state index contributed by atoms with van der Waals surface area (Å²) in [4.78, 5) is 3.97. The minimum absolute atomic E-state index is 0.659. The standard InChI is InChI=1S/C7H16N.2CH3.Ga/c1-4-6-7-8(3)5-2;;;/h1,4-7H2,2-3H3;2*1H3;. The second kappa shape index (κ2) is 7.26. The van der Waals surface area contributed by atoms with Crippen LogP contribution in [0.1, 0.15) is 19.8 Å². The van der Waals surface area contributed by atoms with Crippen molar-refractivity contribution in [1.82, 2.24) is 4.90 Å². The van der Waals surface area contributed by atoms with Crippen molar-refractivity contribution >= 4 is 16.2 Å². The molecule has 0 unspecified atom stereocenters. The van der Waals surface area contributed by atoms with Crippen molar-refractivity contribution in [3.63, 3.8) is 0 Å². The van der Waals surface area contributed by atoms with Crippen molar-refractivity contribution in [2.24, 2.45) is 0 Å². The van der Waals surface area contributed by atoms with Crippen LogP contribution in [0, 0.1) is 0 Å². The van der Waals surface area contributed by atoms with Gasteiger partial charge >= 0.3 is 77.0 Å². The van der Waals surface area contributed by atoms with E-state index in [0.717, 1.165) is 0 Å². The van der Waals surface area contributed by atoms with E-state index in [1.54, 1.807) is 4.98 Å². The first kappa shape index (κ1) is 11.6. The molecule has 0 N–H and O–H groups in total. The molecule has 1 nitrogen and oxygen atoms in total. The number of hydrogen-bond donors (Lipinski definition) is 0. The Labute approximate surface area is 77.2 Å². The van der Waals surface area contributed by atoms with Crippen molar-refractivity contribution in [2.45, 2.75) is 35.7 Å². The van der Waals surface area contributed by atoms with Gasteiger partial charge in [0.1, 0.15) is 0 Å². The van der Waals surface area contributed by atoms with Gasteiger partial charge in [0.2, 0.25) is 0 Å². The topological polar surface area (TPSA) is 3.24 Å². The van der Waals surface area contributed by atoms with Crippen molar-refractivity contribution in [1.29, 1.82) is 0 Å². The molecule has 0 saturated heterocycles. The van der Waals surface area contributed by atoms with Gasteiger partial charge in [0.15, 0.2) is 0 Å². The average Bonchev–Trinajstić information content (AvgIpc) is 1.97. The van der Waals surface area contributed by atoms with Gasteiger partial charge in [0.05, 0.1) is 0 Å². The minimum atomic E-state index is -0.659. The predicted octanol–water partition coefficient (Wildman–Crippen LogP) is 2.47. The molecule has 0 aliphatic heterocycles. The molecule has 0 aromatic heterocycles. The van der Waals surface area contributed by atoms with Crippen molar-refractivity contribution in [3.05, 3.63) is 0 Å². The molecule has 0 bridgehead atoms. The fourth-order valence-electron chi connectivity index (χ4n) is 1.09. The van der Waals surface area contributed by atoms with Crippen molar-refractivity contribution < 1.29 is 0 Å². The Hall–Kier alpha value is 0.596. The summed E-state index contributed by atoms with van der Waals surface area (Å²) in [5.41, 5.74) is 4.97. The fraction of sp³-hybridized carbons (Fsp3) is 1.00. The van der Waals surface area contributed by atoms with Gasteiger partial charge in [-0.15, -0.1) is 0 Å². The van der Waals surface area contributed by atoms with Crippen LogP contribution in [-0.4, -0.2) is 41.3 Å². The first-order chi connectivity index (χ1) is 5.16. The Morgan fingerprint density at radius 2 is 1.82 bits per heavy atom. The van der Waals surface area contributed by atoms with Crippen LogP contribution in [0.15, 0.2) is 0 Å². The molecule has 2 heteroatoms. The molecule has 0 aromatic rings. The molecule has 0 aromatic carbocycles. The summed E-state index contributed by atoms with van der Waals surface area (Å²) >= 11 is -0.659. The summed E-state index contributed by atoms with van der Waals surface area (Å²) in [6, 6.07) is 0. The predicted molar refractivity (Wildman–Crippen MR) is 54.7 cm³/mol. The Morgan fingerprint density at radius 3 is 2.27 bits per heavy atom. The number of nitrogens with zero attached hydrogens (tertiary/aromatic N) is 1. The van der Waals surface area contributed by atoms with E-state index < -0.39 is 16.2 Å². The SMILES string of the molecule is CCN(C)CCC[CH2][Ga]([CH3])[CH3]. The summed E-state index contributed by atoms with van der Waals surface area (Å²) in [7, 11) is 2.21. The number of hydrogen-bond acceptors (Lipinski definition) is 1. The maximum absolute atomic E-state index is 2.48. The first-order valence-corrected chi connectivity index (χ1v) is 11.4. The van der Waals surface area contributed by atoms with Gasteiger partial charge < -0.3 is 0 Å². The van der Waals surface area contributed by atoms with Gasteiger partial charge in [-0.1, -0.05) is 0 Å². The molecular weight excluding hydrogens is 192 g/mol. The molecule has 0 amide bonds. The first-order valence-electron chi connectivity index (χ1n) is 4.85. The monoisotopic (exact) mass is 213 g/mol. The molecule has 0 saturated carbocycles. The molecule has 0 atom stereocenters. The summed E-state index contributed by atoms with van der Waals surface area (Å²) in [5.74, 6) is 0. The Bertz CT molecular complexity index is 83.6. The average molecular weight is 214 g/mol. The van der Waals surface area contributed by atoms with E-state index in [9.17, 15) is 0 Å². The zero-order valence-electron chi connectivity index (χ0n) is 8.56. The van der Waals surface area contributed by atoms with Crippen LogP contribution in [0.5, 0.6) is 0 Å². The van der Waals surface area contributed by atoms with Crippen LogP contribution in [0.4, 0.5) is 0 Å². The van der Waals surface area contributed by atoms with Crippen molar-refractivity contribution in [3.8, 4) is 0 Å². The van der Waals surface area contributed by atoms with E-state index in [2.05, 4.69) is 29.8 Å². The second-order valence-electron chi connectivity index (χ2n) is 3.79. The summed E-state index contributed by atoms with van der Waals surface area (Å²) in [6.07, 6.45) is 2.88. The van der Waals surface area contributed by atoms with E-state index >= 15 is 0 Å². The van der Waals surface area contributed by atoms with Gasteiger partial charge in [-0.2, -0.15) is 0 Å². The molecule has 11 heavy (non-hydrogen) atoms. The van der Waals surface area contributed by atoms with Gasteiger partial charge in [-0.25, -0.2) is 0 Å². The van der Waals surface area contributed by atoms with E-state index in [1.165, 1.54) is 25.9 Å². The summed E-state index contributed by atoms with van der Waals surface area (Å²) in [6.45, 7) is 4.72. The molecule has 0 aliphatic carbocycles. The normalized spacial score (nSPS) is 10.6. The third-order valence-corrected chi connectivity index (χ3v) is 5.39. The van der Waals surface area contributed by atoms with Crippen LogP contribution in [0.25, 0.3) is 0 Å². The number of rotatable bonds is 6. The van der Waals surface area contributed by atoms with E-state index in [0.29, 0.717) is 0 Å². The quantitative estimate of drug-likeness (QED) is 0.484. The Morgan fingerprint density at radius 1 is 1.18 bits per heavy atom. The van der Waals surface area contributed by atoms with Gasteiger partial charge in [-0.05, 0) is 0 Å². The van der Waals surface area contributed by atoms with Gasteiger partial charge in [0.25, 0.3) is 0 Å². The van der Waals surface area contributed by atoms with Crippen LogP contribution in [0.2, 0.25) is 15.9 Å². The third-order valence-electron chi connectivity index (χ3n) is 2.11. The van der Waals surface area contributed by atoms with Crippen LogP contribution >= 0.6 is 0 Å². The summed E-state index contributed by atoms with van der Waals surface area (Å²) < 4.78 is 0. The summed E-state index contributed by atoms with van der Waals surface area (Å²) in [5, 5.41) is 0. The van der Waals surface area contributed by atoms with E-state index in [1.807, 2.05) is 0 Å². The Kier molecular flexibility index (Phi) is 7.65. The van der Waals surface area contributed by atoms with Crippen LogP contribution in [0.3, 0.4) is 0 Å². The molecule has 0 fully saturated rings. The van der Waals surface area contributed by atoms with E-state index in [-0.39, 0.29) is 0 Å². The number of unbranched alkanes of at least 4 members (excludes halogenated alkanes) is 1. The van der Waals surface area contributed by atoms with E-state index in [4.69, 9.17) is 0 Å². The van der Waals surface area contributed by atoms with Crippen molar-refractivity contribution in [2.75, 3.05) is 20.1 Å². The molecule has 0 aliphatic rings. The third kappa shape index (κ3) is 8.50. The second-order valence-corrected chi connectivity index (χ2v) is 10.8. The van der Waals surface area contributed by atoms with Crippen LogP contribution < -0.4 is 0 Å². The maximum atomic E-state index is 2.48. The van der Waals surface area contributed by atoms with Crippen LogP contribution in [-0.2, 0) is 0 Å². The molecule has 0 radical (unpaired) electrons.